The highest BCUT2D eigenvalue weighted by molar-refractivity contribution is 6.51. The third-order valence-electron chi connectivity index (χ3n) is 6.85. The van der Waals surface area contributed by atoms with Gasteiger partial charge in [-0.15, -0.1) is 0 Å². The molecule has 4 rings (SSSR count). The summed E-state index contributed by atoms with van der Waals surface area (Å²) in [5.41, 5.74) is 1.59. The number of halogens is 3. The molecule has 1 unspecified atom stereocenters. The summed E-state index contributed by atoms with van der Waals surface area (Å²) < 4.78 is 45.4. The van der Waals surface area contributed by atoms with Crippen LogP contribution < -0.4 is 14.5 Å². The van der Waals surface area contributed by atoms with Gasteiger partial charge >= 0.3 is 6.18 Å². The molecule has 0 aromatic heterocycles. The van der Waals surface area contributed by atoms with E-state index in [1.165, 1.54) is 0 Å². The smallest absolute Gasteiger partial charge is 0.416 e. The van der Waals surface area contributed by atoms with Gasteiger partial charge in [-0.05, 0) is 78.6 Å². The number of nitrogens with zero attached hydrogens (tertiary/aromatic N) is 2. The molecule has 1 atom stereocenters. The zero-order valence-corrected chi connectivity index (χ0v) is 22.9. The molecule has 0 saturated carbocycles. The second-order valence-electron chi connectivity index (χ2n) is 10.0. The molecule has 40 heavy (non-hydrogen) atoms. The molecule has 3 aromatic carbocycles. The first-order valence-corrected chi connectivity index (χ1v) is 12.9. The number of ketones is 1. The Morgan fingerprint density at radius 2 is 1.62 bits per heavy atom. The Bertz CT molecular complexity index is 1440. The van der Waals surface area contributed by atoms with Crippen LogP contribution in [-0.2, 0) is 15.8 Å². The van der Waals surface area contributed by atoms with Gasteiger partial charge in [-0.25, -0.2) is 0 Å². The lowest BCUT2D eigenvalue weighted by Crippen LogP contribution is -2.29. The van der Waals surface area contributed by atoms with Gasteiger partial charge in [-0.3, -0.25) is 14.5 Å². The second-order valence-corrected chi connectivity index (χ2v) is 10.0. The maximum absolute atomic E-state index is 13.5. The number of anilines is 2. The summed E-state index contributed by atoms with van der Waals surface area (Å²) >= 11 is 0. The first-order valence-electron chi connectivity index (χ1n) is 12.9. The van der Waals surface area contributed by atoms with Crippen LogP contribution in [0.2, 0.25) is 0 Å². The molecule has 1 saturated heterocycles. The van der Waals surface area contributed by atoms with Crippen LogP contribution >= 0.6 is 0 Å². The lowest BCUT2D eigenvalue weighted by molar-refractivity contribution is -0.137. The van der Waals surface area contributed by atoms with E-state index in [-0.39, 0.29) is 22.9 Å². The molecule has 210 valence electrons. The van der Waals surface area contributed by atoms with Gasteiger partial charge in [0.2, 0.25) is 0 Å². The van der Waals surface area contributed by atoms with Crippen LogP contribution in [0.1, 0.15) is 55.0 Å². The van der Waals surface area contributed by atoms with Crippen molar-refractivity contribution in [1.82, 2.24) is 0 Å². The van der Waals surface area contributed by atoms with Crippen LogP contribution in [0.15, 0.2) is 72.3 Å². The van der Waals surface area contributed by atoms with Crippen molar-refractivity contribution in [1.29, 1.82) is 0 Å². The zero-order chi connectivity index (χ0) is 29.4. The van der Waals surface area contributed by atoms with E-state index < -0.39 is 29.5 Å². The zero-order valence-electron chi connectivity index (χ0n) is 22.9. The quantitative estimate of drug-likeness (QED) is 0.196. The highest BCUT2D eigenvalue weighted by atomic mass is 19.4. The fourth-order valence-electron chi connectivity index (χ4n) is 4.77. The van der Waals surface area contributed by atoms with Gasteiger partial charge in [0, 0.05) is 31.0 Å². The largest absolute Gasteiger partial charge is 0.507 e. The van der Waals surface area contributed by atoms with Crippen LogP contribution in [0.25, 0.3) is 5.76 Å². The van der Waals surface area contributed by atoms with Crippen LogP contribution in [0.4, 0.5) is 24.5 Å². The van der Waals surface area contributed by atoms with E-state index in [9.17, 15) is 27.9 Å². The fourth-order valence-corrected chi connectivity index (χ4v) is 4.77. The lowest BCUT2D eigenvalue weighted by atomic mass is 9.93. The molecule has 1 amide bonds. The number of Topliss-reactive ketones (excluding diaryl/α,β-unsaturated/α-hetero) is 1. The van der Waals surface area contributed by atoms with Crippen molar-refractivity contribution in [2.45, 2.75) is 38.9 Å². The Labute approximate surface area is 231 Å². The minimum absolute atomic E-state index is 0.0400. The van der Waals surface area contributed by atoms with Crippen molar-refractivity contribution >= 4 is 28.8 Å². The second kappa shape index (κ2) is 11.1. The van der Waals surface area contributed by atoms with Gasteiger partial charge in [-0.2, -0.15) is 13.2 Å². The molecule has 1 heterocycles. The van der Waals surface area contributed by atoms with Gasteiger partial charge in [0.05, 0.1) is 23.8 Å². The third kappa shape index (κ3) is 5.41. The number of aliphatic hydroxyl groups is 1. The first-order chi connectivity index (χ1) is 18.8. The van der Waals surface area contributed by atoms with Crippen molar-refractivity contribution in [2.75, 3.05) is 30.5 Å². The first kappa shape index (κ1) is 28.7. The number of hydrogen-bond donors (Lipinski definition) is 1. The maximum Gasteiger partial charge on any atom is 0.416 e. The SMILES string of the molecule is CCOc1ccc(/C(O)=C2/C(=O)C(=O)N(c3ccc(C(F)(F)F)cc3)C2c2ccc(N(C)C)cc2)cc1C(C)C. The van der Waals surface area contributed by atoms with Crippen molar-refractivity contribution < 1.29 is 32.6 Å². The summed E-state index contributed by atoms with van der Waals surface area (Å²) in [5.74, 6) is -1.57. The molecule has 3 aromatic rings. The van der Waals surface area contributed by atoms with Crippen molar-refractivity contribution in [3.05, 3.63) is 94.6 Å². The normalized spacial score (nSPS) is 17.0. The monoisotopic (exact) mass is 552 g/mol. The number of rotatable bonds is 7. The van der Waals surface area contributed by atoms with Crippen molar-refractivity contribution in [3.8, 4) is 5.75 Å². The predicted molar refractivity (Wildman–Crippen MR) is 149 cm³/mol. The van der Waals surface area contributed by atoms with Crippen LogP contribution in [0.5, 0.6) is 5.75 Å². The summed E-state index contributed by atoms with van der Waals surface area (Å²) in [5, 5.41) is 11.5. The number of ether oxygens (including phenoxy) is 1. The Morgan fingerprint density at radius 3 is 2.15 bits per heavy atom. The number of carbonyl (C=O) groups excluding carboxylic acids is 2. The van der Waals surface area contributed by atoms with E-state index >= 15 is 0 Å². The summed E-state index contributed by atoms with van der Waals surface area (Å²) in [6.07, 6.45) is -4.56. The van der Waals surface area contributed by atoms with E-state index in [1.807, 2.05) is 39.8 Å². The average Bonchev–Trinajstić information content (AvgIpc) is 3.18. The summed E-state index contributed by atoms with van der Waals surface area (Å²) in [7, 11) is 3.73. The number of aliphatic hydroxyl groups excluding tert-OH is 1. The molecular formula is C31H31F3N2O4. The maximum atomic E-state index is 13.5. The number of carbonyl (C=O) groups is 2. The van der Waals surface area contributed by atoms with Crippen LogP contribution in [-0.4, -0.2) is 37.5 Å². The molecule has 0 aliphatic carbocycles. The minimum Gasteiger partial charge on any atom is -0.507 e. The van der Waals surface area contributed by atoms with Crippen LogP contribution in [0, 0.1) is 0 Å². The number of alkyl halides is 3. The van der Waals surface area contributed by atoms with Gasteiger partial charge in [0.25, 0.3) is 11.7 Å². The topological polar surface area (TPSA) is 70.1 Å². The molecule has 0 radical (unpaired) electrons. The Balaban J connectivity index is 1.91. The van der Waals surface area contributed by atoms with Gasteiger partial charge in [-0.1, -0.05) is 26.0 Å². The molecule has 0 bridgehead atoms. The number of benzene rings is 3. The number of hydrogen-bond acceptors (Lipinski definition) is 5. The molecule has 6 nitrogen and oxygen atoms in total. The highest BCUT2D eigenvalue weighted by Gasteiger charge is 2.47. The predicted octanol–water partition coefficient (Wildman–Crippen LogP) is 6.92. The molecule has 1 N–H and O–H groups in total. The summed E-state index contributed by atoms with van der Waals surface area (Å²) in [6.45, 7) is 6.25. The average molecular weight is 553 g/mol. The standard InChI is InChI=1S/C31H31F3N2O4/c1-6-40-25-16-9-20(17-24(25)18(2)3)28(37)26-27(19-7-12-22(13-8-19)35(4)5)36(30(39)29(26)38)23-14-10-21(11-15-23)31(32,33)34/h7-18,27,37H,6H2,1-5H3/b28-26-. The van der Waals surface area contributed by atoms with Gasteiger partial charge < -0.3 is 14.7 Å². The van der Waals surface area contributed by atoms with Gasteiger partial charge in [0.15, 0.2) is 0 Å². The lowest BCUT2D eigenvalue weighted by Gasteiger charge is -2.26. The van der Waals surface area contributed by atoms with E-state index in [0.29, 0.717) is 23.5 Å². The van der Waals surface area contributed by atoms with E-state index in [1.54, 1.807) is 42.5 Å². The molecule has 9 heteroatoms. The molecule has 1 aliphatic heterocycles. The molecular weight excluding hydrogens is 521 g/mol. The Morgan fingerprint density at radius 1 is 1.00 bits per heavy atom. The van der Waals surface area contributed by atoms with E-state index in [0.717, 1.165) is 40.4 Å². The molecule has 1 aliphatic rings. The summed E-state index contributed by atoms with van der Waals surface area (Å²) in [4.78, 5) is 29.9. The van der Waals surface area contributed by atoms with Gasteiger partial charge in [0.1, 0.15) is 11.5 Å². The number of amides is 1. The van der Waals surface area contributed by atoms with Crippen molar-refractivity contribution in [2.24, 2.45) is 0 Å². The fraction of sp³-hybridized carbons (Fsp3) is 0.290. The Kier molecular flexibility index (Phi) is 7.95. The van der Waals surface area contributed by atoms with Crippen molar-refractivity contribution in [3.63, 3.8) is 0 Å². The van der Waals surface area contributed by atoms with E-state index in [2.05, 4.69) is 0 Å². The minimum atomic E-state index is -4.56. The third-order valence-corrected chi connectivity index (χ3v) is 6.85. The Hall–Kier alpha value is -4.27. The molecule has 0 spiro atoms. The highest BCUT2D eigenvalue weighted by Crippen LogP contribution is 2.43. The molecule has 1 fully saturated rings. The van der Waals surface area contributed by atoms with Crippen LogP contribution in [0.3, 0.4) is 0 Å². The van der Waals surface area contributed by atoms with E-state index in [4.69, 9.17) is 4.74 Å². The summed E-state index contributed by atoms with van der Waals surface area (Å²) in [6, 6.07) is 15.1.